The molecule has 1 aromatic carbocycles. The van der Waals surface area contributed by atoms with E-state index < -0.39 is 0 Å². The minimum absolute atomic E-state index is 0.153. The van der Waals surface area contributed by atoms with Crippen LogP contribution < -0.4 is 16.0 Å². The van der Waals surface area contributed by atoms with Crippen molar-refractivity contribution in [2.24, 2.45) is 0 Å². The molecule has 0 bridgehead atoms. The highest BCUT2D eigenvalue weighted by atomic mass is 16.2. The number of urea groups is 1. The Hall–Kier alpha value is -1.81. The molecule has 2 rings (SSSR count). The Morgan fingerprint density at radius 1 is 1.44 bits per heavy atom. The first-order chi connectivity index (χ1) is 8.74. The highest BCUT2D eigenvalue weighted by molar-refractivity contribution is 5.89. The van der Waals surface area contributed by atoms with Gasteiger partial charge in [0, 0.05) is 18.8 Å². The van der Waals surface area contributed by atoms with Crippen LogP contribution in [0, 0.1) is 6.92 Å². The average Bonchev–Trinajstić information content (AvgIpc) is 2.38. The molecule has 0 spiro atoms. The highest BCUT2D eigenvalue weighted by Gasteiger charge is 2.05. The molecule has 3 N–H and O–H groups in total. The molecule has 0 fully saturated rings. The Labute approximate surface area is 107 Å². The molecule has 4 heteroatoms. The zero-order chi connectivity index (χ0) is 12.8. The topological polar surface area (TPSA) is 53.2 Å². The highest BCUT2D eigenvalue weighted by Crippen LogP contribution is 2.09. The first-order valence-corrected chi connectivity index (χ1v) is 6.24. The van der Waals surface area contributed by atoms with Gasteiger partial charge < -0.3 is 16.0 Å². The van der Waals surface area contributed by atoms with Crippen LogP contribution in [0.3, 0.4) is 0 Å². The predicted octanol–water partition coefficient (Wildman–Crippen LogP) is 2.04. The van der Waals surface area contributed by atoms with E-state index >= 15 is 0 Å². The van der Waals surface area contributed by atoms with E-state index in [4.69, 9.17) is 0 Å². The fourth-order valence-corrected chi connectivity index (χ4v) is 1.92. The van der Waals surface area contributed by atoms with Crippen LogP contribution in [-0.2, 0) is 0 Å². The number of carbonyl (C=O) groups excluding carboxylic acids is 1. The van der Waals surface area contributed by atoms with Crippen LogP contribution in [0.15, 0.2) is 35.9 Å². The van der Waals surface area contributed by atoms with Gasteiger partial charge >= 0.3 is 6.03 Å². The number of carbonyl (C=O) groups is 1. The molecular weight excluding hydrogens is 226 g/mol. The van der Waals surface area contributed by atoms with Gasteiger partial charge in [0.25, 0.3) is 0 Å². The summed E-state index contributed by atoms with van der Waals surface area (Å²) in [5.41, 5.74) is 3.24. The molecule has 4 nitrogen and oxygen atoms in total. The van der Waals surface area contributed by atoms with Gasteiger partial charge in [-0.05, 0) is 37.6 Å². The first kappa shape index (κ1) is 12.6. The largest absolute Gasteiger partial charge is 0.334 e. The minimum Gasteiger partial charge on any atom is -0.334 e. The molecule has 18 heavy (non-hydrogen) atoms. The summed E-state index contributed by atoms with van der Waals surface area (Å²) in [6.07, 6.45) is 3.14. The van der Waals surface area contributed by atoms with Crippen LogP contribution in [0.25, 0.3) is 0 Å². The van der Waals surface area contributed by atoms with Crippen molar-refractivity contribution in [1.29, 1.82) is 0 Å². The SMILES string of the molecule is Cc1cccc(NC(=O)NCC2=CCNCC2)c1. The van der Waals surface area contributed by atoms with Gasteiger partial charge in [0.2, 0.25) is 0 Å². The smallest absolute Gasteiger partial charge is 0.319 e. The van der Waals surface area contributed by atoms with Gasteiger partial charge in [0.05, 0.1) is 0 Å². The molecule has 0 unspecified atom stereocenters. The van der Waals surface area contributed by atoms with E-state index in [1.54, 1.807) is 0 Å². The summed E-state index contributed by atoms with van der Waals surface area (Å²) in [6, 6.07) is 7.61. The number of rotatable bonds is 3. The standard InChI is InChI=1S/C14H19N3O/c1-11-3-2-4-13(9-11)17-14(18)16-10-12-5-7-15-8-6-12/h2-5,9,15H,6-8,10H2,1H3,(H2,16,17,18). The number of aryl methyl sites for hydroxylation is 1. The van der Waals surface area contributed by atoms with E-state index in [1.807, 2.05) is 31.2 Å². The summed E-state index contributed by atoms with van der Waals surface area (Å²) in [4.78, 5) is 11.7. The Kier molecular flexibility index (Phi) is 4.36. The van der Waals surface area contributed by atoms with Gasteiger partial charge in [0.1, 0.15) is 0 Å². The van der Waals surface area contributed by atoms with E-state index in [2.05, 4.69) is 22.0 Å². The zero-order valence-corrected chi connectivity index (χ0v) is 10.6. The fourth-order valence-electron chi connectivity index (χ4n) is 1.92. The second-order valence-electron chi connectivity index (χ2n) is 4.49. The molecule has 0 aliphatic carbocycles. The molecule has 1 aromatic rings. The van der Waals surface area contributed by atoms with E-state index in [-0.39, 0.29) is 6.03 Å². The van der Waals surface area contributed by atoms with E-state index in [1.165, 1.54) is 5.57 Å². The molecule has 0 atom stereocenters. The maximum atomic E-state index is 11.7. The lowest BCUT2D eigenvalue weighted by molar-refractivity contribution is 0.252. The summed E-state index contributed by atoms with van der Waals surface area (Å²) in [6.45, 7) is 4.52. The normalized spacial score (nSPS) is 14.8. The summed E-state index contributed by atoms with van der Waals surface area (Å²) in [7, 11) is 0. The van der Waals surface area contributed by atoms with Crippen LogP contribution in [0.1, 0.15) is 12.0 Å². The molecule has 2 amide bonds. The number of nitrogens with one attached hydrogen (secondary N) is 3. The predicted molar refractivity (Wildman–Crippen MR) is 73.8 cm³/mol. The van der Waals surface area contributed by atoms with Crippen LogP contribution in [0.5, 0.6) is 0 Å². The lowest BCUT2D eigenvalue weighted by Crippen LogP contribution is -2.32. The molecule has 1 aliphatic rings. The van der Waals surface area contributed by atoms with Crippen LogP contribution in [0.4, 0.5) is 10.5 Å². The maximum absolute atomic E-state index is 11.7. The number of benzene rings is 1. The number of hydrogen-bond donors (Lipinski definition) is 3. The van der Waals surface area contributed by atoms with Crippen molar-refractivity contribution >= 4 is 11.7 Å². The third-order valence-corrected chi connectivity index (χ3v) is 2.91. The van der Waals surface area contributed by atoms with Crippen LogP contribution in [0.2, 0.25) is 0 Å². The van der Waals surface area contributed by atoms with Crippen molar-refractivity contribution in [3.63, 3.8) is 0 Å². The molecule has 0 saturated heterocycles. The molecule has 1 aliphatic heterocycles. The zero-order valence-electron chi connectivity index (χ0n) is 10.6. The molecule has 1 heterocycles. The Bertz CT molecular complexity index is 454. The molecule has 96 valence electrons. The summed E-state index contributed by atoms with van der Waals surface area (Å²) in [5, 5.41) is 8.95. The Morgan fingerprint density at radius 2 is 2.33 bits per heavy atom. The second kappa shape index (κ2) is 6.21. The van der Waals surface area contributed by atoms with E-state index in [9.17, 15) is 4.79 Å². The van der Waals surface area contributed by atoms with Crippen molar-refractivity contribution in [1.82, 2.24) is 10.6 Å². The second-order valence-corrected chi connectivity index (χ2v) is 4.49. The fraction of sp³-hybridized carbons (Fsp3) is 0.357. The third kappa shape index (κ3) is 3.89. The van der Waals surface area contributed by atoms with Crippen LogP contribution >= 0.6 is 0 Å². The number of hydrogen-bond acceptors (Lipinski definition) is 2. The lowest BCUT2D eigenvalue weighted by Gasteiger charge is -2.15. The monoisotopic (exact) mass is 245 g/mol. The van der Waals surface area contributed by atoms with Crippen molar-refractivity contribution < 1.29 is 4.79 Å². The Morgan fingerprint density at radius 3 is 3.06 bits per heavy atom. The molecule has 0 saturated carbocycles. The van der Waals surface area contributed by atoms with Gasteiger partial charge in [-0.2, -0.15) is 0 Å². The third-order valence-electron chi connectivity index (χ3n) is 2.91. The van der Waals surface area contributed by atoms with Gasteiger partial charge in [-0.15, -0.1) is 0 Å². The van der Waals surface area contributed by atoms with Gasteiger partial charge in [-0.3, -0.25) is 0 Å². The molecule has 0 aromatic heterocycles. The summed E-state index contributed by atoms with van der Waals surface area (Å²) in [5.74, 6) is 0. The van der Waals surface area contributed by atoms with Crippen molar-refractivity contribution in [3.8, 4) is 0 Å². The van der Waals surface area contributed by atoms with Crippen LogP contribution in [-0.4, -0.2) is 25.7 Å². The first-order valence-electron chi connectivity index (χ1n) is 6.24. The quantitative estimate of drug-likeness (QED) is 0.714. The Balaban J connectivity index is 1.80. The summed E-state index contributed by atoms with van der Waals surface area (Å²) < 4.78 is 0. The minimum atomic E-state index is -0.153. The summed E-state index contributed by atoms with van der Waals surface area (Å²) >= 11 is 0. The van der Waals surface area contributed by atoms with Gasteiger partial charge in [0.15, 0.2) is 0 Å². The van der Waals surface area contributed by atoms with Gasteiger partial charge in [-0.25, -0.2) is 4.79 Å². The van der Waals surface area contributed by atoms with Crippen molar-refractivity contribution in [2.45, 2.75) is 13.3 Å². The molecule has 0 radical (unpaired) electrons. The maximum Gasteiger partial charge on any atom is 0.319 e. The van der Waals surface area contributed by atoms with Crippen molar-refractivity contribution in [3.05, 3.63) is 41.5 Å². The average molecular weight is 245 g/mol. The molecular formula is C14H19N3O. The van der Waals surface area contributed by atoms with E-state index in [0.29, 0.717) is 6.54 Å². The van der Waals surface area contributed by atoms with Gasteiger partial charge in [-0.1, -0.05) is 23.8 Å². The number of amides is 2. The lowest BCUT2D eigenvalue weighted by atomic mass is 10.1. The number of anilines is 1. The van der Waals surface area contributed by atoms with E-state index in [0.717, 1.165) is 30.8 Å². The van der Waals surface area contributed by atoms with Crippen molar-refractivity contribution in [2.75, 3.05) is 25.0 Å².